The summed E-state index contributed by atoms with van der Waals surface area (Å²) in [6.07, 6.45) is 1.86. The van der Waals surface area contributed by atoms with E-state index in [1.807, 2.05) is 29.2 Å². The van der Waals surface area contributed by atoms with E-state index in [0.29, 0.717) is 17.2 Å². The Morgan fingerprint density at radius 3 is 2.87 bits per heavy atom. The molecule has 1 aliphatic heterocycles. The fraction of sp³-hybridized carbons (Fsp3) is 0.444. The van der Waals surface area contributed by atoms with Crippen LogP contribution in [0.15, 0.2) is 34.9 Å². The third-order valence-electron chi connectivity index (χ3n) is 4.32. The molecule has 1 saturated heterocycles. The number of aromatic nitrogens is 1. The van der Waals surface area contributed by atoms with Crippen LogP contribution in [0.25, 0.3) is 0 Å². The highest BCUT2D eigenvalue weighted by Crippen LogP contribution is 2.35. The smallest absolute Gasteiger partial charge is 0.258 e. The molecule has 1 aromatic carbocycles. The molecule has 1 aromatic heterocycles. The van der Waals surface area contributed by atoms with Crippen LogP contribution in [-0.2, 0) is 0 Å². The standard InChI is InChI=1S/C18H22N2O3/c1-12(2)14-11-17(23-19-14)15-8-6-10-20(15)18(21)13-7-4-5-9-16(13)22-3/h4-5,7,9,11-12,15H,6,8,10H2,1-3H3/t15-/m1/s1. The van der Waals surface area contributed by atoms with E-state index in [-0.39, 0.29) is 11.9 Å². The predicted octanol–water partition coefficient (Wildman–Crippen LogP) is 3.78. The zero-order chi connectivity index (χ0) is 16.4. The van der Waals surface area contributed by atoms with Crippen LogP contribution < -0.4 is 4.74 Å². The highest BCUT2D eigenvalue weighted by atomic mass is 16.5. The lowest BCUT2D eigenvalue weighted by atomic mass is 10.1. The van der Waals surface area contributed by atoms with Crippen molar-refractivity contribution in [2.45, 2.75) is 38.6 Å². The van der Waals surface area contributed by atoms with Crippen molar-refractivity contribution < 1.29 is 14.1 Å². The molecule has 0 spiro atoms. The van der Waals surface area contributed by atoms with Crippen LogP contribution in [0, 0.1) is 0 Å². The Hall–Kier alpha value is -2.30. The number of ether oxygens (including phenoxy) is 1. The van der Waals surface area contributed by atoms with Gasteiger partial charge in [-0.3, -0.25) is 4.79 Å². The van der Waals surface area contributed by atoms with E-state index < -0.39 is 0 Å². The van der Waals surface area contributed by atoms with Gasteiger partial charge in [-0.05, 0) is 30.9 Å². The van der Waals surface area contributed by atoms with E-state index in [1.54, 1.807) is 13.2 Å². The molecule has 122 valence electrons. The van der Waals surface area contributed by atoms with Gasteiger partial charge in [0, 0.05) is 12.6 Å². The molecule has 1 aliphatic rings. The largest absolute Gasteiger partial charge is 0.496 e. The van der Waals surface area contributed by atoms with Gasteiger partial charge < -0.3 is 14.2 Å². The molecule has 5 nitrogen and oxygen atoms in total. The van der Waals surface area contributed by atoms with Gasteiger partial charge in [0.05, 0.1) is 24.4 Å². The van der Waals surface area contributed by atoms with Crippen LogP contribution in [-0.4, -0.2) is 29.6 Å². The quantitative estimate of drug-likeness (QED) is 0.861. The Labute approximate surface area is 136 Å². The number of carbonyl (C=O) groups excluding carboxylic acids is 1. The molecule has 23 heavy (non-hydrogen) atoms. The summed E-state index contributed by atoms with van der Waals surface area (Å²) < 4.78 is 10.8. The Morgan fingerprint density at radius 2 is 2.17 bits per heavy atom. The van der Waals surface area contributed by atoms with Crippen molar-refractivity contribution in [1.82, 2.24) is 10.1 Å². The lowest BCUT2D eigenvalue weighted by molar-refractivity contribution is 0.0711. The number of benzene rings is 1. The summed E-state index contributed by atoms with van der Waals surface area (Å²) in [5.41, 5.74) is 1.52. The summed E-state index contributed by atoms with van der Waals surface area (Å²) in [7, 11) is 1.58. The first-order chi connectivity index (χ1) is 11.1. The normalized spacial score (nSPS) is 17.7. The third-order valence-corrected chi connectivity index (χ3v) is 4.32. The first kappa shape index (κ1) is 15.6. The Kier molecular flexibility index (Phi) is 4.37. The van der Waals surface area contributed by atoms with Crippen molar-refractivity contribution >= 4 is 5.91 Å². The fourth-order valence-electron chi connectivity index (χ4n) is 3.01. The molecule has 3 rings (SSSR count). The maximum Gasteiger partial charge on any atom is 0.258 e. The second kappa shape index (κ2) is 6.44. The predicted molar refractivity (Wildman–Crippen MR) is 86.6 cm³/mol. The molecule has 2 aromatic rings. The van der Waals surface area contributed by atoms with Crippen LogP contribution >= 0.6 is 0 Å². The number of rotatable bonds is 4. The molecule has 0 aliphatic carbocycles. The molecule has 0 radical (unpaired) electrons. The van der Waals surface area contributed by atoms with E-state index >= 15 is 0 Å². The van der Waals surface area contributed by atoms with Crippen molar-refractivity contribution in [3.63, 3.8) is 0 Å². The lowest BCUT2D eigenvalue weighted by Gasteiger charge is -2.23. The number of hydrogen-bond donors (Lipinski definition) is 0. The minimum absolute atomic E-state index is 0.0209. The van der Waals surface area contributed by atoms with Crippen LogP contribution in [0.2, 0.25) is 0 Å². The highest BCUT2D eigenvalue weighted by Gasteiger charge is 2.34. The summed E-state index contributed by atoms with van der Waals surface area (Å²) in [5, 5.41) is 4.12. The third kappa shape index (κ3) is 2.96. The molecule has 2 heterocycles. The van der Waals surface area contributed by atoms with Gasteiger partial charge in [0.2, 0.25) is 0 Å². The van der Waals surface area contributed by atoms with Crippen molar-refractivity contribution in [2.24, 2.45) is 0 Å². The molecule has 0 bridgehead atoms. The summed E-state index contributed by atoms with van der Waals surface area (Å²) in [5.74, 6) is 1.66. The van der Waals surface area contributed by atoms with Crippen LogP contribution in [0.5, 0.6) is 5.75 Å². The number of para-hydroxylation sites is 1. The fourth-order valence-corrected chi connectivity index (χ4v) is 3.01. The molecule has 0 unspecified atom stereocenters. The molecule has 0 N–H and O–H groups in total. The number of carbonyl (C=O) groups is 1. The molecule has 1 fully saturated rings. The highest BCUT2D eigenvalue weighted by molar-refractivity contribution is 5.97. The molecule has 1 amide bonds. The minimum atomic E-state index is -0.0487. The summed E-state index contributed by atoms with van der Waals surface area (Å²) in [6.45, 7) is 4.88. The van der Waals surface area contributed by atoms with E-state index in [2.05, 4.69) is 19.0 Å². The number of likely N-dealkylation sites (tertiary alicyclic amines) is 1. The van der Waals surface area contributed by atoms with Gasteiger partial charge in [-0.1, -0.05) is 31.1 Å². The van der Waals surface area contributed by atoms with Gasteiger partial charge in [0.1, 0.15) is 5.75 Å². The van der Waals surface area contributed by atoms with Gasteiger partial charge in [-0.2, -0.15) is 0 Å². The SMILES string of the molecule is COc1ccccc1C(=O)N1CCC[C@@H]1c1cc(C(C)C)no1. The van der Waals surface area contributed by atoms with Crippen molar-refractivity contribution in [1.29, 1.82) is 0 Å². The second-order valence-electron chi connectivity index (χ2n) is 6.17. The molecular weight excluding hydrogens is 292 g/mol. The van der Waals surface area contributed by atoms with E-state index in [1.165, 1.54) is 0 Å². The zero-order valence-electron chi connectivity index (χ0n) is 13.8. The van der Waals surface area contributed by atoms with Crippen LogP contribution in [0.4, 0.5) is 0 Å². The van der Waals surface area contributed by atoms with Gasteiger partial charge in [-0.25, -0.2) is 0 Å². The van der Waals surface area contributed by atoms with E-state index in [9.17, 15) is 4.79 Å². The number of hydrogen-bond acceptors (Lipinski definition) is 4. The summed E-state index contributed by atoms with van der Waals surface area (Å²) in [4.78, 5) is 14.8. The number of nitrogens with zero attached hydrogens (tertiary/aromatic N) is 2. The summed E-state index contributed by atoms with van der Waals surface area (Å²) >= 11 is 0. The average molecular weight is 314 g/mol. The molecule has 1 atom stereocenters. The summed E-state index contributed by atoms with van der Waals surface area (Å²) in [6, 6.07) is 9.25. The van der Waals surface area contributed by atoms with Crippen molar-refractivity contribution in [3.8, 4) is 5.75 Å². The Balaban J connectivity index is 1.87. The maximum absolute atomic E-state index is 12.9. The topological polar surface area (TPSA) is 55.6 Å². The van der Waals surface area contributed by atoms with E-state index in [0.717, 1.165) is 30.8 Å². The first-order valence-corrected chi connectivity index (χ1v) is 8.02. The Bertz CT molecular complexity index is 693. The number of methoxy groups -OCH3 is 1. The maximum atomic E-state index is 12.9. The molecular formula is C18H22N2O3. The monoisotopic (exact) mass is 314 g/mol. The van der Waals surface area contributed by atoms with Gasteiger partial charge in [0.25, 0.3) is 5.91 Å². The van der Waals surface area contributed by atoms with Crippen molar-refractivity contribution in [2.75, 3.05) is 13.7 Å². The van der Waals surface area contributed by atoms with E-state index in [4.69, 9.17) is 9.26 Å². The Morgan fingerprint density at radius 1 is 1.39 bits per heavy atom. The van der Waals surface area contributed by atoms with Crippen molar-refractivity contribution in [3.05, 3.63) is 47.3 Å². The molecule has 0 saturated carbocycles. The number of amides is 1. The van der Waals surface area contributed by atoms with Crippen LogP contribution in [0.1, 0.15) is 60.5 Å². The first-order valence-electron chi connectivity index (χ1n) is 8.02. The minimum Gasteiger partial charge on any atom is -0.496 e. The molecule has 5 heteroatoms. The lowest BCUT2D eigenvalue weighted by Crippen LogP contribution is -2.30. The van der Waals surface area contributed by atoms with Crippen LogP contribution in [0.3, 0.4) is 0 Å². The van der Waals surface area contributed by atoms with Gasteiger partial charge in [0.15, 0.2) is 5.76 Å². The zero-order valence-corrected chi connectivity index (χ0v) is 13.8. The van der Waals surface area contributed by atoms with Gasteiger partial charge >= 0.3 is 0 Å². The van der Waals surface area contributed by atoms with Gasteiger partial charge in [-0.15, -0.1) is 0 Å². The average Bonchev–Trinajstić information content (AvgIpc) is 3.22. The second-order valence-corrected chi connectivity index (χ2v) is 6.17.